The first kappa shape index (κ1) is 11.9. The Morgan fingerprint density at radius 3 is 2.65 bits per heavy atom. The molecule has 92 valence electrons. The summed E-state index contributed by atoms with van der Waals surface area (Å²) in [6.45, 7) is 5.12. The van der Waals surface area contributed by atoms with E-state index in [1.165, 1.54) is 6.07 Å². The van der Waals surface area contributed by atoms with Gasteiger partial charge in [0.15, 0.2) is 0 Å². The molecule has 4 heteroatoms. The highest BCUT2D eigenvalue weighted by molar-refractivity contribution is 5.95. The first-order valence-corrected chi connectivity index (χ1v) is 5.83. The molecule has 2 rings (SSSR count). The van der Waals surface area contributed by atoms with E-state index < -0.39 is 0 Å². The molecule has 1 aromatic carbocycles. The number of nitrogens with one attached hydrogen (secondary N) is 1. The number of hydrogen-bond acceptors (Lipinski definition) is 2. The van der Waals surface area contributed by atoms with Crippen molar-refractivity contribution in [2.45, 2.75) is 32.2 Å². The summed E-state index contributed by atoms with van der Waals surface area (Å²) in [4.78, 5) is 2.09. The van der Waals surface area contributed by atoms with E-state index in [4.69, 9.17) is 11.1 Å². The molecular weight excluding hydrogens is 217 g/mol. The molecule has 0 amide bonds. The zero-order chi connectivity index (χ0) is 12.6. The Hall–Kier alpha value is -1.58. The van der Waals surface area contributed by atoms with Gasteiger partial charge < -0.3 is 10.6 Å². The Morgan fingerprint density at radius 2 is 2.18 bits per heavy atom. The van der Waals surface area contributed by atoms with Crippen molar-refractivity contribution in [3.05, 3.63) is 29.6 Å². The highest BCUT2D eigenvalue weighted by atomic mass is 19.1. The highest BCUT2D eigenvalue weighted by Gasteiger charge is 2.33. The van der Waals surface area contributed by atoms with Crippen molar-refractivity contribution in [2.24, 2.45) is 5.73 Å². The standard InChI is InChI=1S/C13H18FN3/c1-13(2)6-3-7-17(13)11-5-4-9(12(15)16)8-10(11)14/h4-5,8H,3,6-7H2,1-2H3,(H3,15,16). The maximum atomic E-state index is 14.0. The summed E-state index contributed by atoms with van der Waals surface area (Å²) in [5.74, 6) is -0.399. The highest BCUT2D eigenvalue weighted by Crippen LogP contribution is 2.35. The molecule has 0 aliphatic carbocycles. The molecule has 1 aromatic rings. The van der Waals surface area contributed by atoms with Crippen LogP contribution in [-0.2, 0) is 0 Å². The lowest BCUT2D eigenvalue weighted by atomic mass is 10.0. The van der Waals surface area contributed by atoms with Crippen LogP contribution in [0.1, 0.15) is 32.3 Å². The fraction of sp³-hybridized carbons (Fsp3) is 0.462. The van der Waals surface area contributed by atoms with Crippen LogP contribution >= 0.6 is 0 Å². The summed E-state index contributed by atoms with van der Waals surface area (Å²) in [5, 5.41) is 7.29. The van der Waals surface area contributed by atoms with E-state index in [2.05, 4.69) is 18.7 Å². The van der Waals surface area contributed by atoms with Crippen LogP contribution in [0.3, 0.4) is 0 Å². The summed E-state index contributed by atoms with van der Waals surface area (Å²) < 4.78 is 14.0. The monoisotopic (exact) mass is 235 g/mol. The molecule has 17 heavy (non-hydrogen) atoms. The maximum absolute atomic E-state index is 14.0. The average Bonchev–Trinajstić information content (AvgIpc) is 2.58. The van der Waals surface area contributed by atoms with Gasteiger partial charge in [0.2, 0.25) is 0 Å². The van der Waals surface area contributed by atoms with Gasteiger partial charge in [0.05, 0.1) is 5.69 Å². The van der Waals surface area contributed by atoms with Gasteiger partial charge in [-0.2, -0.15) is 0 Å². The van der Waals surface area contributed by atoms with Crippen LogP contribution < -0.4 is 10.6 Å². The molecule has 0 unspecified atom stereocenters. The molecule has 1 fully saturated rings. The minimum Gasteiger partial charge on any atom is -0.384 e. The minimum atomic E-state index is -0.298. The normalized spacial score (nSPS) is 18.4. The lowest BCUT2D eigenvalue weighted by Gasteiger charge is -2.34. The molecule has 0 radical (unpaired) electrons. The van der Waals surface area contributed by atoms with E-state index in [0.717, 1.165) is 19.4 Å². The summed E-state index contributed by atoms with van der Waals surface area (Å²) >= 11 is 0. The van der Waals surface area contributed by atoms with Crippen molar-refractivity contribution in [1.29, 1.82) is 5.41 Å². The van der Waals surface area contributed by atoms with Gasteiger partial charge >= 0.3 is 0 Å². The zero-order valence-corrected chi connectivity index (χ0v) is 10.3. The first-order chi connectivity index (χ1) is 7.92. The molecule has 0 spiro atoms. The van der Waals surface area contributed by atoms with Gasteiger partial charge in [-0.15, -0.1) is 0 Å². The van der Waals surface area contributed by atoms with E-state index in [1.54, 1.807) is 12.1 Å². The second-order valence-corrected chi connectivity index (χ2v) is 5.15. The van der Waals surface area contributed by atoms with E-state index >= 15 is 0 Å². The van der Waals surface area contributed by atoms with E-state index in [-0.39, 0.29) is 17.2 Å². The maximum Gasteiger partial charge on any atom is 0.147 e. The van der Waals surface area contributed by atoms with Crippen LogP contribution in [0, 0.1) is 11.2 Å². The number of hydrogen-bond donors (Lipinski definition) is 2. The van der Waals surface area contributed by atoms with Gasteiger partial charge in [-0.3, -0.25) is 5.41 Å². The molecule has 0 atom stereocenters. The summed E-state index contributed by atoms with van der Waals surface area (Å²) in [5.41, 5.74) is 6.38. The Kier molecular flexibility index (Phi) is 2.81. The van der Waals surface area contributed by atoms with E-state index in [0.29, 0.717) is 11.3 Å². The van der Waals surface area contributed by atoms with Crippen LogP contribution in [0.4, 0.5) is 10.1 Å². The molecule has 0 saturated carbocycles. The number of anilines is 1. The molecule has 0 aromatic heterocycles. The number of nitrogens with zero attached hydrogens (tertiary/aromatic N) is 1. The number of halogens is 1. The number of amidine groups is 1. The van der Waals surface area contributed by atoms with Gasteiger partial charge in [0, 0.05) is 17.6 Å². The van der Waals surface area contributed by atoms with Gasteiger partial charge in [-0.1, -0.05) is 0 Å². The third-order valence-corrected chi connectivity index (χ3v) is 3.45. The predicted octanol–water partition coefficient (Wildman–Crippen LogP) is 2.49. The Labute approximate surface area is 101 Å². The summed E-state index contributed by atoms with van der Waals surface area (Å²) in [6.07, 6.45) is 2.15. The topological polar surface area (TPSA) is 53.1 Å². The molecule has 3 N–H and O–H groups in total. The minimum absolute atomic E-state index is 0.00141. The number of nitrogens with two attached hydrogens (primary N) is 1. The SMILES string of the molecule is CC1(C)CCCN1c1ccc(C(=N)N)cc1F. The van der Waals surface area contributed by atoms with Crippen LogP contribution in [-0.4, -0.2) is 17.9 Å². The molecule has 1 saturated heterocycles. The fourth-order valence-corrected chi connectivity index (χ4v) is 2.45. The second-order valence-electron chi connectivity index (χ2n) is 5.15. The van der Waals surface area contributed by atoms with Gasteiger partial charge in [0.1, 0.15) is 11.7 Å². The van der Waals surface area contributed by atoms with Crippen LogP contribution in [0.15, 0.2) is 18.2 Å². The zero-order valence-electron chi connectivity index (χ0n) is 10.3. The van der Waals surface area contributed by atoms with Crippen LogP contribution in [0.5, 0.6) is 0 Å². The third-order valence-electron chi connectivity index (χ3n) is 3.45. The van der Waals surface area contributed by atoms with Crippen molar-refractivity contribution < 1.29 is 4.39 Å². The molecule has 0 bridgehead atoms. The Bertz CT molecular complexity index is 454. The number of nitrogen functional groups attached to an aromatic ring is 1. The molecule has 1 aliphatic heterocycles. The van der Waals surface area contributed by atoms with Gasteiger partial charge in [-0.05, 0) is 44.9 Å². The molecule has 1 aliphatic rings. The van der Waals surface area contributed by atoms with Crippen molar-refractivity contribution in [3.8, 4) is 0 Å². The largest absolute Gasteiger partial charge is 0.384 e. The molecule has 3 nitrogen and oxygen atoms in total. The van der Waals surface area contributed by atoms with Crippen molar-refractivity contribution >= 4 is 11.5 Å². The quantitative estimate of drug-likeness (QED) is 0.611. The second kappa shape index (κ2) is 4.02. The lowest BCUT2D eigenvalue weighted by Crippen LogP contribution is -2.38. The van der Waals surface area contributed by atoms with Crippen molar-refractivity contribution in [2.75, 3.05) is 11.4 Å². The first-order valence-electron chi connectivity index (χ1n) is 5.83. The average molecular weight is 235 g/mol. The van der Waals surface area contributed by atoms with Gasteiger partial charge in [-0.25, -0.2) is 4.39 Å². The lowest BCUT2D eigenvalue weighted by molar-refractivity contribution is 0.506. The number of rotatable bonds is 2. The van der Waals surface area contributed by atoms with Gasteiger partial charge in [0.25, 0.3) is 0 Å². The summed E-state index contributed by atoms with van der Waals surface area (Å²) in [6, 6.07) is 4.76. The predicted molar refractivity (Wildman–Crippen MR) is 68.1 cm³/mol. The Morgan fingerprint density at radius 1 is 1.47 bits per heavy atom. The van der Waals surface area contributed by atoms with Crippen LogP contribution in [0.2, 0.25) is 0 Å². The van der Waals surface area contributed by atoms with E-state index in [1.807, 2.05) is 0 Å². The van der Waals surface area contributed by atoms with Crippen molar-refractivity contribution in [3.63, 3.8) is 0 Å². The fourth-order valence-electron chi connectivity index (χ4n) is 2.45. The van der Waals surface area contributed by atoms with Crippen molar-refractivity contribution in [1.82, 2.24) is 0 Å². The Balaban J connectivity index is 2.37. The summed E-state index contributed by atoms with van der Waals surface area (Å²) in [7, 11) is 0. The van der Waals surface area contributed by atoms with E-state index in [9.17, 15) is 4.39 Å². The molecule has 1 heterocycles. The van der Waals surface area contributed by atoms with Crippen LogP contribution in [0.25, 0.3) is 0 Å². The number of benzene rings is 1. The smallest absolute Gasteiger partial charge is 0.147 e. The third kappa shape index (κ3) is 2.12. The molecular formula is C13H18FN3.